The van der Waals surface area contributed by atoms with Gasteiger partial charge in [-0.3, -0.25) is 4.79 Å². The van der Waals surface area contributed by atoms with Crippen molar-refractivity contribution in [2.75, 3.05) is 19.6 Å². The molecule has 110 valence electrons. The van der Waals surface area contributed by atoms with Crippen molar-refractivity contribution in [1.82, 2.24) is 19.6 Å². The largest absolute Gasteiger partial charge is 0.347 e. The third-order valence-corrected chi connectivity index (χ3v) is 4.79. The first kappa shape index (κ1) is 12.8. The standard InChI is InChI=1S/C16H20N4O/c1-11-2-5-20-10-14(17-7-15(11)20)16(21)18-13-6-12-3-4-19(8-12)9-13/h2,5,7,10,12-13H,3-4,6,8-9H2,1H3,(H,18,21)/t12-,13-/m1/s1. The van der Waals surface area contributed by atoms with E-state index in [-0.39, 0.29) is 11.9 Å². The summed E-state index contributed by atoms with van der Waals surface area (Å²) in [5.74, 6) is 0.697. The molecule has 2 aliphatic rings. The minimum atomic E-state index is -0.0595. The minimum absolute atomic E-state index is 0.0595. The quantitative estimate of drug-likeness (QED) is 0.908. The van der Waals surface area contributed by atoms with Gasteiger partial charge in [-0.1, -0.05) is 0 Å². The molecule has 1 unspecified atom stereocenters. The maximum atomic E-state index is 12.4. The van der Waals surface area contributed by atoms with Gasteiger partial charge in [0, 0.05) is 31.5 Å². The van der Waals surface area contributed by atoms with Crippen LogP contribution < -0.4 is 5.32 Å². The minimum Gasteiger partial charge on any atom is -0.347 e. The van der Waals surface area contributed by atoms with E-state index in [0.29, 0.717) is 5.69 Å². The van der Waals surface area contributed by atoms with Crippen molar-refractivity contribution in [2.45, 2.75) is 25.8 Å². The lowest BCUT2D eigenvalue weighted by atomic mass is 9.97. The molecule has 0 radical (unpaired) electrons. The predicted molar refractivity (Wildman–Crippen MR) is 80.3 cm³/mol. The molecule has 5 nitrogen and oxygen atoms in total. The van der Waals surface area contributed by atoms with Gasteiger partial charge >= 0.3 is 0 Å². The molecule has 0 spiro atoms. The summed E-state index contributed by atoms with van der Waals surface area (Å²) in [7, 11) is 0. The van der Waals surface area contributed by atoms with E-state index < -0.39 is 0 Å². The molecular weight excluding hydrogens is 264 g/mol. The molecule has 5 heteroatoms. The molecule has 2 aromatic rings. The van der Waals surface area contributed by atoms with Crippen LogP contribution >= 0.6 is 0 Å². The van der Waals surface area contributed by atoms with Gasteiger partial charge in [-0.05, 0) is 43.9 Å². The van der Waals surface area contributed by atoms with Gasteiger partial charge in [0.15, 0.2) is 0 Å². The number of piperidine rings is 1. The van der Waals surface area contributed by atoms with Crippen LogP contribution in [0.2, 0.25) is 0 Å². The van der Waals surface area contributed by atoms with Crippen LogP contribution in [0.3, 0.4) is 0 Å². The summed E-state index contributed by atoms with van der Waals surface area (Å²) in [6, 6.07) is 2.30. The van der Waals surface area contributed by atoms with Crippen LogP contribution in [0, 0.1) is 12.8 Å². The fraction of sp³-hybridized carbons (Fsp3) is 0.500. The van der Waals surface area contributed by atoms with Crippen molar-refractivity contribution in [3.05, 3.63) is 35.9 Å². The Labute approximate surface area is 124 Å². The van der Waals surface area contributed by atoms with Gasteiger partial charge in [0.2, 0.25) is 0 Å². The predicted octanol–water partition coefficient (Wildman–Crippen LogP) is 1.47. The Kier molecular flexibility index (Phi) is 2.96. The van der Waals surface area contributed by atoms with E-state index in [1.807, 2.05) is 29.8 Å². The van der Waals surface area contributed by atoms with Crippen LogP contribution in [0.4, 0.5) is 0 Å². The number of hydrogen-bond donors (Lipinski definition) is 1. The number of carbonyl (C=O) groups excluding carboxylic acids is 1. The fourth-order valence-electron chi connectivity index (χ4n) is 3.68. The summed E-state index contributed by atoms with van der Waals surface area (Å²) in [5, 5.41) is 3.15. The smallest absolute Gasteiger partial charge is 0.271 e. The van der Waals surface area contributed by atoms with E-state index in [2.05, 4.69) is 15.2 Å². The normalized spacial score (nSPS) is 28.0. The lowest BCUT2D eigenvalue weighted by Crippen LogP contribution is -2.47. The molecule has 4 rings (SSSR count). The molecule has 0 saturated carbocycles. The van der Waals surface area contributed by atoms with Crippen molar-refractivity contribution < 1.29 is 4.79 Å². The highest BCUT2D eigenvalue weighted by Crippen LogP contribution is 2.26. The second-order valence-electron chi connectivity index (χ2n) is 6.38. The van der Waals surface area contributed by atoms with Crippen LogP contribution in [0.15, 0.2) is 24.7 Å². The summed E-state index contributed by atoms with van der Waals surface area (Å²) in [5.41, 5.74) is 2.71. The first-order chi connectivity index (χ1) is 10.2. The van der Waals surface area contributed by atoms with E-state index in [1.165, 1.54) is 25.1 Å². The fourth-order valence-corrected chi connectivity index (χ4v) is 3.68. The molecule has 2 aliphatic heterocycles. The zero-order valence-corrected chi connectivity index (χ0v) is 12.2. The van der Waals surface area contributed by atoms with E-state index >= 15 is 0 Å². The van der Waals surface area contributed by atoms with Crippen molar-refractivity contribution in [3.63, 3.8) is 0 Å². The number of nitrogens with zero attached hydrogens (tertiary/aromatic N) is 3. The zero-order valence-electron chi connectivity index (χ0n) is 12.2. The highest BCUT2D eigenvalue weighted by molar-refractivity contribution is 5.92. The molecule has 3 atom stereocenters. The Morgan fingerprint density at radius 2 is 2.33 bits per heavy atom. The van der Waals surface area contributed by atoms with E-state index in [1.54, 1.807) is 6.20 Å². The Balaban J connectivity index is 1.50. The third-order valence-electron chi connectivity index (χ3n) is 4.79. The molecular formula is C16H20N4O. The first-order valence-corrected chi connectivity index (χ1v) is 7.65. The molecule has 21 heavy (non-hydrogen) atoms. The Morgan fingerprint density at radius 1 is 1.43 bits per heavy atom. The highest BCUT2D eigenvalue weighted by atomic mass is 16.2. The van der Waals surface area contributed by atoms with Crippen LogP contribution in [0.25, 0.3) is 5.52 Å². The van der Waals surface area contributed by atoms with E-state index in [0.717, 1.165) is 24.4 Å². The van der Waals surface area contributed by atoms with Crippen molar-refractivity contribution in [2.24, 2.45) is 5.92 Å². The van der Waals surface area contributed by atoms with Gasteiger partial charge < -0.3 is 14.6 Å². The lowest BCUT2D eigenvalue weighted by molar-refractivity contribution is 0.0904. The number of amides is 1. The number of rotatable bonds is 2. The van der Waals surface area contributed by atoms with Crippen LogP contribution in [0.1, 0.15) is 28.9 Å². The lowest BCUT2D eigenvalue weighted by Gasteiger charge is -2.30. The average Bonchev–Trinajstić information content (AvgIpc) is 3.02. The van der Waals surface area contributed by atoms with Gasteiger partial charge in [0.25, 0.3) is 5.91 Å². The van der Waals surface area contributed by atoms with Gasteiger partial charge in [-0.25, -0.2) is 4.98 Å². The van der Waals surface area contributed by atoms with Crippen molar-refractivity contribution in [3.8, 4) is 0 Å². The number of hydrogen-bond acceptors (Lipinski definition) is 3. The zero-order chi connectivity index (χ0) is 14.4. The number of fused-ring (bicyclic) bond motifs is 3. The van der Waals surface area contributed by atoms with Crippen molar-refractivity contribution in [1.29, 1.82) is 0 Å². The summed E-state index contributed by atoms with van der Waals surface area (Å²) in [4.78, 5) is 19.2. The van der Waals surface area contributed by atoms with Crippen LogP contribution in [-0.2, 0) is 0 Å². The maximum Gasteiger partial charge on any atom is 0.271 e. The summed E-state index contributed by atoms with van der Waals surface area (Å²) < 4.78 is 1.96. The molecule has 2 bridgehead atoms. The molecule has 0 aliphatic carbocycles. The number of aromatic nitrogens is 2. The molecule has 2 aromatic heterocycles. The topological polar surface area (TPSA) is 49.6 Å². The maximum absolute atomic E-state index is 12.4. The second-order valence-corrected chi connectivity index (χ2v) is 6.38. The van der Waals surface area contributed by atoms with Crippen molar-refractivity contribution >= 4 is 11.4 Å². The Hall–Kier alpha value is -1.88. The summed E-state index contributed by atoms with van der Waals surface area (Å²) >= 11 is 0. The molecule has 4 heterocycles. The van der Waals surface area contributed by atoms with Crippen LogP contribution in [0.5, 0.6) is 0 Å². The molecule has 1 amide bonds. The molecule has 2 fully saturated rings. The monoisotopic (exact) mass is 284 g/mol. The number of carbonyl (C=O) groups is 1. The molecule has 2 saturated heterocycles. The average molecular weight is 284 g/mol. The van der Waals surface area contributed by atoms with Gasteiger partial charge in [0.1, 0.15) is 5.69 Å². The summed E-state index contributed by atoms with van der Waals surface area (Å²) in [6.45, 7) is 5.42. The first-order valence-electron chi connectivity index (χ1n) is 7.65. The summed E-state index contributed by atoms with van der Waals surface area (Å²) in [6.07, 6.45) is 7.94. The van der Waals surface area contributed by atoms with Gasteiger partial charge in [-0.15, -0.1) is 0 Å². The highest BCUT2D eigenvalue weighted by Gasteiger charge is 2.33. The SMILES string of the molecule is Cc1ccn2cc(C(=O)N[C@@H]3C[C@H]4CCN(C4)C3)ncc12. The molecule has 0 aromatic carbocycles. The van der Waals surface area contributed by atoms with Gasteiger partial charge in [-0.2, -0.15) is 0 Å². The van der Waals surface area contributed by atoms with Gasteiger partial charge in [0.05, 0.1) is 11.7 Å². The van der Waals surface area contributed by atoms with Crippen LogP contribution in [-0.4, -0.2) is 45.9 Å². The Morgan fingerprint density at radius 3 is 3.19 bits per heavy atom. The van der Waals surface area contributed by atoms with E-state index in [4.69, 9.17) is 0 Å². The number of aryl methyl sites for hydroxylation is 1. The number of nitrogens with one attached hydrogen (secondary N) is 1. The Bertz CT molecular complexity index is 681. The molecule has 1 N–H and O–H groups in total. The second kappa shape index (κ2) is 4.84. The van der Waals surface area contributed by atoms with E-state index in [9.17, 15) is 4.79 Å². The third kappa shape index (κ3) is 2.31.